The standard InChI is InChI=1S/C11H22BrNO/c1-4-5-6-7-10(8-12)13-9-11(2,3)14/h4-5,10,13-14H,6-9H2,1-3H3/b5-4+. The second kappa shape index (κ2) is 7.43. The Bertz CT molecular complexity index is 163. The highest BCUT2D eigenvalue weighted by atomic mass is 79.9. The SMILES string of the molecule is C/C=C/CCC(CBr)NCC(C)(C)O. The van der Waals surface area contributed by atoms with Gasteiger partial charge < -0.3 is 10.4 Å². The first-order valence-corrected chi connectivity index (χ1v) is 6.24. The summed E-state index contributed by atoms with van der Waals surface area (Å²) in [4.78, 5) is 0. The van der Waals surface area contributed by atoms with Gasteiger partial charge in [-0.1, -0.05) is 28.1 Å². The van der Waals surface area contributed by atoms with Gasteiger partial charge in [0.15, 0.2) is 0 Å². The van der Waals surface area contributed by atoms with Crippen molar-refractivity contribution < 1.29 is 5.11 Å². The van der Waals surface area contributed by atoms with Crippen LogP contribution in [0.5, 0.6) is 0 Å². The van der Waals surface area contributed by atoms with Gasteiger partial charge in [0.2, 0.25) is 0 Å². The third-order valence-electron chi connectivity index (χ3n) is 1.93. The zero-order valence-electron chi connectivity index (χ0n) is 9.39. The molecule has 14 heavy (non-hydrogen) atoms. The molecule has 0 aliphatic rings. The average Bonchev–Trinajstić information content (AvgIpc) is 2.09. The van der Waals surface area contributed by atoms with Gasteiger partial charge in [0.05, 0.1) is 5.60 Å². The normalized spacial score (nSPS) is 14.9. The molecule has 0 saturated heterocycles. The van der Waals surface area contributed by atoms with E-state index in [1.54, 1.807) is 0 Å². The van der Waals surface area contributed by atoms with E-state index in [2.05, 4.69) is 33.4 Å². The number of alkyl halides is 1. The zero-order valence-corrected chi connectivity index (χ0v) is 11.0. The lowest BCUT2D eigenvalue weighted by Crippen LogP contribution is -2.41. The van der Waals surface area contributed by atoms with Crippen LogP contribution in [0.2, 0.25) is 0 Å². The summed E-state index contributed by atoms with van der Waals surface area (Å²) < 4.78 is 0. The summed E-state index contributed by atoms with van der Waals surface area (Å²) >= 11 is 3.47. The highest BCUT2D eigenvalue weighted by molar-refractivity contribution is 9.09. The maximum atomic E-state index is 9.54. The molecule has 0 aliphatic heterocycles. The third-order valence-corrected chi connectivity index (χ3v) is 2.71. The first-order valence-electron chi connectivity index (χ1n) is 5.12. The number of hydrogen-bond donors (Lipinski definition) is 2. The fourth-order valence-electron chi connectivity index (χ4n) is 1.09. The highest BCUT2D eigenvalue weighted by Gasteiger charge is 2.14. The fourth-order valence-corrected chi connectivity index (χ4v) is 1.64. The molecule has 0 aromatic carbocycles. The number of nitrogens with one attached hydrogen (secondary N) is 1. The second-order valence-electron chi connectivity index (χ2n) is 4.19. The number of rotatable bonds is 7. The van der Waals surface area contributed by atoms with Crippen LogP contribution in [-0.2, 0) is 0 Å². The van der Waals surface area contributed by atoms with E-state index in [1.807, 2.05) is 20.8 Å². The molecule has 2 N–H and O–H groups in total. The molecule has 0 spiro atoms. The van der Waals surface area contributed by atoms with Gasteiger partial charge in [0, 0.05) is 17.9 Å². The molecule has 0 radical (unpaired) electrons. The molecule has 1 unspecified atom stereocenters. The summed E-state index contributed by atoms with van der Waals surface area (Å²) in [6.07, 6.45) is 6.43. The smallest absolute Gasteiger partial charge is 0.0715 e. The number of allylic oxidation sites excluding steroid dienone is 2. The molecule has 0 amide bonds. The molecule has 3 heteroatoms. The predicted octanol–water partition coefficient (Wildman–Crippen LogP) is 2.47. The van der Waals surface area contributed by atoms with E-state index in [9.17, 15) is 5.11 Å². The van der Waals surface area contributed by atoms with Gasteiger partial charge in [-0.25, -0.2) is 0 Å². The maximum Gasteiger partial charge on any atom is 0.0715 e. The van der Waals surface area contributed by atoms with Crippen molar-refractivity contribution in [2.24, 2.45) is 0 Å². The van der Waals surface area contributed by atoms with Crippen LogP contribution in [0.3, 0.4) is 0 Å². The Morgan fingerprint density at radius 3 is 2.57 bits per heavy atom. The van der Waals surface area contributed by atoms with Gasteiger partial charge in [-0.3, -0.25) is 0 Å². The van der Waals surface area contributed by atoms with Crippen molar-refractivity contribution in [2.75, 3.05) is 11.9 Å². The van der Waals surface area contributed by atoms with Gasteiger partial charge >= 0.3 is 0 Å². The Hall–Kier alpha value is 0.140. The molecule has 2 nitrogen and oxygen atoms in total. The molecular formula is C11H22BrNO. The van der Waals surface area contributed by atoms with Crippen molar-refractivity contribution in [3.05, 3.63) is 12.2 Å². The maximum absolute atomic E-state index is 9.54. The predicted molar refractivity (Wildman–Crippen MR) is 65.9 cm³/mol. The molecule has 0 aromatic rings. The van der Waals surface area contributed by atoms with Gasteiger partial charge in [0.1, 0.15) is 0 Å². The van der Waals surface area contributed by atoms with Gasteiger partial charge in [-0.2, -0.15) is 0 Å². The van der Waals surface area contributed by atoms with E-state index in [4.69, 9.17) is 0 Å². The van der Waals surface area contributed by atoms with E-state index >= 15 is 0 Å². The number of halogens is 1. The second-order valence-corrected chi connectivity index (χ2v) is 4.84. The van der Waals surface area contributed by atoms with Crippen molar-refractivity contribution in [3.63, 3.8) is 0 Å². The molecule has 0 rings (SSSR count). The molecule has 0 aromatic heterocycles. The Morgan fingerprint density at radius 2 is 2.14 bits per heavy atom. The van der Waals surface area contributed by atoms with Crippen molar-refractivity contribution in [1.82, 2.24) is 5.32 Å². The summed E-state index contributed by atoms with van der Waals surface area (Å²) in [5.74, 6) is 0. The topological polar surface area (TPSA) is 32.3 Å². The monoisotopic (exact) mass is 263 g/mol. The summed E-state index contributed by atoms with van der Waals surface area (Å²) in [5, 5.41) is 13.8. The van der Waals surface area contributed by atoms with Gasteiger partial charge in [0.25, 0.3) is 0 Å². The molecular weight excluding hydrogens is 242 g/mol. The average molecular weight is 264 g/mol. The van der Waals surface area contributed by atoms with E-state index < -0.39 is 5.60 Å². The Labute approximate surface area is 95.9 Å². The summed E-state index contributed by atoms with van der Waals surface area (Å²) in [7, 11) is 0. The van der Waals surface area contributed by atoms with E-state index in [0.29, 0.717) is 12.6 Å². The zero-order chi connectivity index (χ0) is 11.0. The largest absolute Gasteiger partial charge is 0.389 e. The Morgan fingerprint density at radius 1 is 1.50 bits per heavy atom. The number of aliphatic hydroxyl groups is 1. The molecule has 84 valence electrons. The lowest BCUT2D eigenvalue weighted by molar-refractivity contribution is 0.0769. The highest BCUT2D eigenvalue weighted by Crippen LogP contribution is 2.05. The van der Waals surface area contributed by atoms with Crippen LogP contribution >= 0.6 is 15.9 Å². The van der Waals surface area contributed by atoms with E-state index in [-0.39, 0.29) is 0 Å². The lowest BCUT2D eigenvalue weighted by atomic mass is 10.1. The van der Waals surface area contributed by atoms with Crippen molar-refractivity contribution in [3.8, 4) is 0 Å². The molecule has 1 atom stereocenters. The van der Waals surface area contributed by atoms with Crippen LogP contribution < -0.4 is 5.32 Å². The van der Waals surface area contributed by atoms with Crippen LogP contribution in [0, 0.1) is 0 Å². The van der Waals surface area contributed by atoms with Crippen molar-refractivity contribution in [1.29, 1.82) is 0 Å². The summed E-state index contributed by atoms with van der Waals surface area (Å²) in [6.45, 7) is 6.31. The van der Waals surface area contributed by atoms with Crippen molar-refractivity contribution in [2.45, 2.75) is 45.3 Å². The third kappa shape index (κ3) is 8.73. The van der Waals surface area contributed by atoms with E-state index in [0.717, 1.165) is 18.2 Å². The molecule has 0 bridgehead atoms. The number of hydrogen-bond acceptors (Lipinski definition) is 2. The van der Waals surface area contributed by atoms with Crippen molar-refractivity contribution >= 4 is 15.9 Å². The van der Waals surface area contributed by atoms with E-state index in [1.165, 1.54) is 0 Å². The fraction of sp³-hybridized carbons (Fsp3) is 0.818. The molecule has 0 fully saturated rings. The van der Waals surface area contributed by atoms with Gasteiger partial charge in [-0.05, 0) is 33.6 Å². The van der Waals surface area contributed by atoms with Crippen LogP contribution in [0.15, 0.2) is 12.2 Å². The first-order chi connectivity index (χ1) is 6.49. The molecule has 0 aliphatic carbocycles. The van der Waals surface area contributed by atoms with Crippen LogP contribution in [-0.4, -0.2) is 28.6 Å². The quantitative estimate of drug-likeness (QED) is 0.547. The summed E-state index contributed by atoms with van der Waals surface area (Å²) in [6, 6.07) is 0.442. The molecule has 0 heterocycles. The minimum absolute atomic E-state index is 0.442. The van der Waals surface area contributed by atoms with Crippen LogP contribution in [0.1, 0.15) is 33.6 Å². The summed E-state index contributed by atoms with van der Waals surface area (Å²) in [5.41, 5.74) is -0.624. The van der Waals surface area contributed by atoms with Crippen LogP contribution in [0.4, 0.5) is 0 Å². The molecule has 0 saturated carbocycles. The van der Waals surface area contributed by atoms with Crippen LogP contribution in [0.25, 0.3) is 0 Å². The van der Waals surface area contributed by atoms with Gasteiger partial charge in [-0.15, -0.1) is 0 Å². The lowest BCUT2D eigenvalue weighted by Gasteiger charge is -2.22. The first kappa shape index (κ1) is 14.1. The Balaban J connectivity index is 3.68. The minimum Gasteiger partial charge on any atom is -0.389 e. The minimum atomic E-state index is -0.624. The Kier molecular flexibility index (Phi) is 7.51.